The summed E-state index contributed by atoms with van der Waals surface area (Å²) in [5, 5.41) is 12.6. The van der Waals surface area contributed by atoms with Crippen molar-refractivity contribution >= 4 is 11.3 Å². The van der Waals surface area contributed by atoms with Crippen molar-refractivity contribution < 1.29 is 5.11 Å². The molecule has 1 aliphatic carbocycles. The number of hydrogen-bond donors (Lipinski definition) is 1. The zero-order valence-corrected chi connectivity index (χ0v) is 12.9. The third kappa shape index (κ3) is 2.24. The molecule has 2 fully saturated rings. The Morgan fingerprint density at radius 1 is 1.38 bits per heavy atom. The van der Waals surface area contributed by atoms with E-state index in [1.807, 2.05) is 23.3 Å². The smallest absolute Gasteiger partial charge is 0.0991 e. The third-order valence-corrected chi connectivity index (χ3v) is 6.09. The molecule has 112 valence electrons. The molecule has 0 radical (unpaired) electrons. The molecule has 4 rings (SSSR count). The minimum Gasteiger partial charge on any atom is -0.391 e. The molecule has 3 heterocycles. The molecule has 5 heteroatoms. The minimum absolute atomic E-state index is 0.0686. The fourth-order valence-electron chi connectivity index (χ4n) is 4.04. The first kappa shape index (κ1) is 13.5. The Kier molecular flexibility index (Phi) is 3.36. The summed E-state index contributed by atoms with van der Waals surface area (Å²) in [4.78, 5) is 8.01. The van der Waals surface area contributed by atoms with Gasteiger partial charge < -0.3 is 9.67 Å². The molecule has 2 aromatic heterocycles. The molecule has 0 bridgehead atoms. The number of thiophene rings is 1. The van der Waals surface area contributed by atoms with Gasteiger partial charge in [0.15, 0.2) is 0 Å². The van der Waals surface area contributed by atoms with E-state index in [0.29, 0.717) is 0 Å². The van der Waals surface area contributed by atoms with Crippen LogP contribution in [0.3, 0.4) is 0 Å². The second-order valence-corrected chi connectivity index (χ2v) is 7.27. The summed E-state index contributed by atoms with van der Waals surface area (Å²) in [7, 11) is 0. The van der Waals surface area contributed by atoms with Crippen LogP contribution in [0, 0.1) is 0 Å². The van der Waals surface area contributed by atoms with Gasteiger partial charge in [-0.25, -0.2) is 4.98 Å². The van der Waals surface area contributed by atoms with E-state index in [9.17, 15) is 5.11 Å². The van der Waals surface area contributed by atoms with Gasteiger partial charge in [0.25, 0.3) is 0 Å². The molecule has 1 atom stereocenters. The van der Waals surface area contributed by atoms with Crippen LogP contribution in [0.5, 0.6) is 0 Å². The van der Waals surface area contributed by atoms with Gasteiger partial charge in [-0.1, -0.05) is 12.8 Å². The van der Waals surface area contributed by atoms with Gasteiger partial charge in [0, 0.05) is 41.3 Å². The molecule has 1 saturated heterocycles. The Morgan fingerprint density at radius 2 is 2.24 bits per heavy atom. The van der Waals surface area contributed by atoms with Crippen LogP contribution < -0.4 is 0 Å². The van der Waals surface area contributed by atoms with E-state index in [1.165, 1.54) is 23.4 Å². The number of hydrogen-bond acceptors (Lipinski definition) is 4. The molecular weight excluding hydrogens is 282 g/mol. The largest absolute Gasteiger partial charge is 0.391 e. The van der Waals surface area contributed by atoms with Crippen molar-refractivity contribution in [2.75, 3.05) is 6.54 Å². The van der Waals surface area contributed by atoms with E-state index < -0.39 is 0 Å². The molecule has 1 unspecified atom stereocenters. The molecule has 1 saturated carbocycles. The van der Waals surface area contributed by atoms with Gasteiger partial charge in [-0.3, -0.25) is 4.90 Å². The van der Waals surface area contributed by atoms with Crippen LogP contribution in [0.15, 0.2) is 30.2 Å². The van der Waals surface area contributed by atoms with Gasteiger partial charge in [0.05, 0.1) is 18.1 Å². The topological polar surface area (TPSA) is 41.3 Å². The van der Waals surface area contributed by atoms with Crippen LogP contribution in [0.2, 0.25) is 0 Å². The highest BCUT2D eigenvalue weighted by molar-refractivity contribution is 7.10. The number of aliphatic hydroxyl groups excluding tert-OH is 1. The molecule has 0 aromatic carbocycles. The maximum atomic E-state index is 10.4. The molecule has 2 aromatic rings. The summed E-state index contributed by atoms with van der Waals surface area (Å²) < 4.78 is 2.05. The van der Waals surface area contributed by atoms with Crippen molar-refractivity contribution in [2.45, 2.75) is 50.3 Å². The van der Waals surface area contributed by atoms with E-state index in [-0.39, 0.29) is 11.6 Å². The average Bonchev–Trinajstić information content (AvgIpc) is 3.26. The summed E-state index contributed by atoms with van der Waals surface area (Å²) in [5.41, 5.74) is 1.26. The average molecular weight is 303 g/mol. The van der Waals surface area contributed by atoms with Gasteiger partial charge in [-0.2, -0.15) is 0 Å². The molecule has 0 amide bonds. The first-order chi connectivity index (χ1) is 10.3. The van der Waals surface area contributed by atoms with Crippen LogP contribution >= 0.6 is 11.3 Å². The Morgan fingerprint density at radius 3 is 3.00 bits per heavy atom. The summed E-state index contributed by atoms with van der Waals surface area (Å²) in [6.45, 7) is 2.00. The summed E-state index contributed by atoms with van der Waals surface area (Å²) >= 11 is 1.81. The molecule has 1 N–H and O–H groups in total. The lowest BCUT2D eigenvalue weighted by atomic mass is 9.91. The van der Waals surface area contributed by atoms with Crippen molar-refractivity contribution in [3.05, 3.63) is 35.0 Å². The van der Waals surface area contributed by atoms with Crippen molar-refractivity contribution in [3.8, 4) is 5.69 Å². The standard InChI is InChI=1S/C16H21N3OS/c20-15-3-7-19(16(15)4-1-2-5-16)10-14-9-13(11-21-14)18-8-6-17-12-18/h6,8-9,11-12,15,20H,1-5,7,10H2. The normalized spacial score (nSPS) is 25.1. The zero-order valence-electron chi connectivity index (χ0n) is 12.1. The summed E-state index contributed by atoms with van der Waals surface area (Å²) in [6, 6.07) is 2.25. The van der Waals surface area contributed by atoms with Crippen LogP contribution in [-0.4, -0.2) is 37.7 Å². The van der Waals surface area contributed by atoms with E-state index in [4.69, 9.17) is 0 Å². The van der Waals surface area contributed by atoms with Crippen molar-refractivity contribution in [2.24, 2.45) is 0 Å². The number of imidazole rings is 1. The van der Waals surface area contributed by atoms with Gasteiger partial charge in [0.1, 0.15) is 0 Å². The lowest BCUT2D eigenvalue weighted by Gasteiger charge is -2.37. The van der Waals surface area contributed by atoms with Crippen molar-refractivity contribution in [3.63, 3.8) is 0 Å². The van der Waals surface area contributed by atoms with Gasteiger partial charge in [0.2, 0.25) is 0 Å². The van der Waals surface area contributed by atoms with E-state index in [1.54, 1.807) is 11.3 Å². The lowest BCUT2D eigenvalue weighted by molar-refractivity contribution is 0.0283. The van der Waals surface area contributed by atoms with E-state index in [0.717, 1.165) is 32.4 Å². The molecule has 4 nitrogen and oxygen atoms in total. The highest BCUT2D eigenvalue weighted by atomic mass is 32.1. The van der Waals surface area contributed by atoms with Crippen molar-refractivity contribution in [1.82, 2.24) is 14.5 Å². The number of rotatable bonds is 3. The van der Waals surface area contributed by atoms with Crippen molar-refractivity contribution in [1.29, 1.82) is 0 Å². The fraction of sp³-hybridized carbons (Fsp3) is 0.562. The monoisotopic (exact) mass is 303 g/mol. The summed E-state index contributed by atoms with van der Waals surface area (Å²) in [5.74, 6) is 0. The number of aliphatic hydroxyl groups is 1. The molecular formula is C16H21N3OS. The van der Waals surface area contributed by atoms with E-state index in [2.05, 4.69) is 21.3 Å². The number of nitrogens with zero attached hydrogens (tertiary/aromatic N) is 3. The van der Waals surface area contributed by atoms with Crippen LogP contribution in [0.4, 0.5) is 0 Å². The fourth-order valence-corrected chi connectivity index (χ4v) is 4.92. The minimum atomic E-state index is -0.131. The molecule has 1 aliphatic heterocycles. The quantitative estimate of drug-likeness (QED) is 0.948. The molecule has 1 spiro atoms. The second kappa shape index (κ2) is 5.23. The number of aromatic nitrogens is 2. The van der Waals surface area contributed by atoms with Crippen LogP contribution in [0.1, 0.15) is 37.0 Å². The van der Waals surface area contributed by atoms with Gasteiger partial charge in [-0.15, -0.1) is 11.3 Å². The lowest BCUT2D eigenvalue weighted by Crippen LogP contribution is -2.47. The Labute approximate surface area is 129 Å². The Balaban J connectivity index is 1.53. The highest BCUT2D eigenvalue weighted by Crippen LogP contribution is 2.44. The maximum absolute atomic E-state index is 10.4. The molecule has 2 aliphatic rings. The van der Waals surface area contributed by atoms with Crippen LogP contribution in [0.25, 0.3) is 5.69 Å². The SMILES string of the molecule is OC1CCN(Cc2cc(-n3ccnc3)cs2)C12CCCC2. The highest BCUT2D eigenvalue weighted by Gasteiger charge is 2.49. The third-order valence-electron chi connectivity index (χ3n) is 5.18. The van der Waals surface area contributed by atoms with Gasteiger partial charge >= 0.3 is 0 Å². The van der Waals surface area contributed by atoms with E-state index >= 15 is 0 Å². The number of likely N-dealkylation sites (tertiary alicyclic amines) is 1. The zero-order chi connectivity index (χ0) is 14.3. The van der Waals surface area contributed by atoms with Gasteiger partial charge in [-0.05, 0) is 25.3 Å². The van der Waals surface area contributed by atoms with Crippen LogP contribution in [-0.2, 0) is 6.54 Å². The first-order valence-electron chi connectivity index (χ1n) is 7.77. The predicted molar refractivity (Wildman–Crippen MR) is 83.7 cm³/mol. The predicted octanol–water partition coefficient (Wildman–Crippen LogP) is 2.81. The molecule has 21 heavy (non-hydrogen) atoms. The summed E-state index contributed by atoms with van der Waals surface area (Å²) in [6.07, 6.45) is 11.3. The Bertz CT molecular complexity index is 601. The first-order valence-corrected chi connectivity index (χ1v) is 8.65. The second-order valence-electron chi connectivity index (χ2n) is 6.28. The maximum Gasteiger partial charge on any atom is 0.0991 e. The Hall–Kier alpha value is -1.17.